The van der Waals surface area contributed by atoms with Gasteiger partial charge in [0.25, 0.3) is 0 Å². The first-order chi connectivity index (χ1) is 17.2. The third-order valence-corrected chi connectivity index (χ3v) is 5.18. The van der Waals surface area contributed by atoms with Crippen LogP contribution in [-0.4, -0.2) is 43.2 Å². The zero-order valence-electron chi connectivity index (χ0n) is 20.9. The second kappa shape index (κ2) is 14.3. The first kappa shape index (κ1) is 28.1. The second-order valence-electron chi connectivity index (χ2n) is 8.23. The standard InChI is InChI=1S/C27H32N2O7/c1-5-21(25(31)36-22(26(32)34-4)16-19-12-8-6-9-13-19)28-24(30)23(18(2)3)29-27(33)35-17-20-14-10-7-11-15-20/h5-15,18,22-23H,16-17H2,1-4H3,(H,28,30)(H,29,33)/b21-5-/t22-,23-/m0/s1. The number of methoxy groups -OCH3 is 1. The lowest BCUT2D eigenvalue weighted by molar-refractivity contribution is -0.163. The highest BCUT2D eigenvalue weighted by molar-refractivity contribution is 5.97. The van der Waals surface area contributed by atoms with Gasteiger partial charge in [-0.25, -0.2) is 14.4 Å². The van der Waals surface area contributed by atoms with Crippen LogP contribution < -0.4 is 10.6 Å². The van der Waals surface area contributed by atoms with Crippen molar-refractivity contribution >= 4 is 23.9 Å². The molecule has 0 aliphatic rings. The van der Waals surface area contributed by atoms with E-state index in [-0.39, 0.29) is 24.6 Å². The van der Waals surface area contributed by atoms with E-state index in [1.54, 1.807) is 38.1 Å². The fraction of sp³-hybridized carbons (Fsp3) is 0.333. The van der Waals surface area contributed by atoms with Gasteiger partial charge < -0.3 is 24.8 Å². The number of alkyl carbamates (subject to hydrolysis) is 1. The number of hydrogen-bond donors (Lipinski definition) is 2. The van der Waals surface area contributed by atoms with E-state index in [0.717, 1.165) is 11.1 Å². The molecule has 2 atom stereocenters. The van der Waals surface area contributed by atoms with Gasteiger partial charge in [0.05, 0.1) is 7.11 Å². The zero-order chi connectivity index (χ0) is 26.5. The van der Waals surface area contributed by atoms with Gasteiger partial charge in [-0.1, -0.05) is 80.6 Å². The summed E-state index contributed by atoms with van der Waals surface area (Å²) < 4.78 is 15.3. The Morgan fingerprint density at radius 3 is 2.03 bits per heavy atom. The normalized spacial score (nSPS) is 12.8. The second-order valence-corrected chi connectivity index (χ2v) is 8.23. The van der Waals surface area contributed by atoms with E-state index >= 15 is 0 Å². The highest BCUT2D eigenvalue weighted by atomic mass is 16.6. The molecule has 0 radical (unpaired) electrons. The van der Waals surface area contributed by atoms with Crippen molar-refractivity contribution in [2.75, 3.05) is 7.11 Å². The molecule has 0 unspecified atom stereocenters. The summed E-state index contributed by atoms with van der Waals surface area (Å²) in [6, 6.07) is 17.1. The van der Waals surface area contributed by atoms with Crippen LogP contribution in [0, 0.1) is 5.92 Å². The maximum Gasteiger partial charge on any atom is 0.408 e. The molecule has 0 aliphatic heterocycles. The van der Waals surface area contributed by atoms with Crippen molar-refractivity contribution in [2.24, 2.45) is 5.92 Å². The van der Waals surface area contributed by atoms with E-state index in [1.807, 2.05) is 36.4 Å². The van der Waals surface area contributed by atoms with Gasteiger partial charge in [-0.3, -0.25) is 4.79 Å². The molecular formula is C27H32N2O7. The molecule has 2 N–H and O–H groups in total. The van der Waals surface area contributed by atoms with Crippen molar-refractivity contribution in [2.45, 2.75) is 45.9 Å². The molecule has 36 heavy (non-hydrogen) atoms. The summed E-state index contributed by atoms with van der Waals surface area (Å²) in [5.41, 5.74) is 1.39. The minimum Gasteiger partial charge on any atom is -0.466 e. The molecule has 0 fully saturated rings. The van der Waals surface area contributed by atoms with E-state index < -0.39 is 36.1 Å². The number of rotatable bonds is 11. The van der Waals surface area contributed by atoms with Gasteiger partial charge in [0.2, 0.25) is 12.0 Å². The Morgan fingerprint density at radius 2 is 1.50 bits per heavy atom. The molecule has 9 nitrogen and oxygen atoms in total. The lowest BCUT2D eigenvalue weighted by atomic mass is 10.0. The zero-order valence-corrected chi connectivity index (χ0v) is 20.9. The molecule has 2 amide bonds. The number of benzene rings is 2. The number of ether oxygens (including phenoxy) is 3. The maximum absolute atomic E-state index is 12.9. The van der Waals surface area contributed by atoms with E-state index in [9.17, 15) is 19.2 Å². The highest BCUT2D eigenvalue weighted by Crippen LogP contribution is 2.11. The third kappa shape index (κ3) is 8.90. The Morgan fingerprint density at radius 1 is 0.917 bits per heavy atom. The Bertz CT molecular complexity index is 1050. The van der Waals surface area contributed by atoms with Gasteiger partial charge in [-0.15, -0.1) is 0 Å². The van der Waals surface area contributed by atoms with Crippen LogP contribution in [0.3, 0.4) is 0 Å². The van der Waals surface area contributed by atoms with Crippen LogP contribution in [0.4, 0.5) is 4.79 Å². The summed E-state index contributed by atoms with van der Waals surface area (Å²) in [7, 11) is 1.20. The summed E-state index contributed by atoms with van der Waals surface area (Å²) in [6.07, 6.45) is -0.523. The molecule has 0 saturated heterocycles. The van der Waals surface area contributed by atoms with Crippen LogP contribution in [0.15, 0.2) is 72.4 Å². The predicted molar refractivity (Wildman–Crippen MR) is 132 cm³/mol. The fourth-order valence-electron chi connectivity index (χ4n) is 3.20. The van der Waals surface area contributed by atoms with E-state index in [1.165, 1.54) is 20.1 Å². The first-order valence-electron chi connectivity index (χ1n) is 11.5. The van der Waals surface area contributed by atoms with Gasteiger partial charge in [-0.2, -0.15) is 0 Å². The van der Waals surface area contributed by atoms with Gasteiger partial charge in [0.1, 0.15) is 18.3 Å². The van der Waals surface area contributed by atoms with Crippen molar-refractivity contribution in [1.29, 1.82) is 0 Å². The molecular weight excluding hydrogens is 464 g/mol. The Labute approximate surface area is 210 Å². The monoisotopic (exact) mass is 496 g/mol. The lowest BCUT2D eigenvalue weighted by Gasteiger charge is -2.22. The van der Waals surface area contributed by atoms with Crippen LogP contribution in [0.1, 0.15) is 31.9 Å². The molecule has 0 spiro atoms. The highest BCUT2D eigenvalue weighted by Gasteiger charge is 2.29. The minimum atomic E-state index is -1.20. The summed E-state index contributed by atoms with van der Waals surface area (Å²) in [5.74, 6) is -2.59. The number of carbonyl (C=O) groups excluding carboxylic acids is 4. The summed E-state index contributed by atoms with van der Waals surface area (Å²) in [4.78, 5) is 50.2. The first-order valence-corrected chi connectivity index (χ1v) is 11.5. The van der Waals surface area contributed by atoms with Crippen LogP contribution in [-0.2, 0) is 41.6 Å². The number of hydrogen-bond acceptors (Lipinski definition) is 7. The molecule has 2 aromatic rings. The number of esters is 2. The quantitative estimate of drug-likeness (QED) is 0.278. The topological polar surface area (TPSA) is 120 Å². The number of amides is 2. The molecule has 0 heterocycles. The average molecular weight is 497 g/mol. The predicted octanol–water partition coefficient (Wildman–Crippen LogP) is 3.28. The molecule has 2 rings (SSSR count). The third-order valence-electron chi connectivity index (χ3n) is 5.18. The van der Waals surface area contributed by atoms with Crippen molar-refractivity contribution in [3.05, 3.63) is 83.6 Å². The van der Waals surface area contributed by atoms with Gasteiger partial charge in [0, 0.05) is 6.42 Å². The van der Waals surface area contributed by atoms with Gasteiger partial charge in [-0.05, 0) is 24.0 Å². The van der Waals surface area contributed by atoms with E-state index in [0.29, 0.717) is 0 Å². The SMILES string of the molecule is C/C=C(\NC(=O)[C@@H](NC(=O)OCc1ccccc1)C(C)C)C(=O)O[C@@H](Cc1ccccc1)C(=O)OC. The van der Waals surface area contributed by atoms with Crippen LogP contribution in [0.25, 0.3) is 0 Å². The fourth-order valence-corrected chi connectivity index (χ4v) is 3.20. The Balaban J connectivity index is 2.01. The molecule has 0 aromatic heterocycles. The van der Waals surface area contributed by atoms with E-state index in [4.69, 9.17) is 14.2 Å². The molecule has 0 aliphatic carbocycles. The van der Waals surface area contributed by atoms with Crippen molar-refractivity contribution in [1.82, 2.24) is 10.6 Å². The number of carbonyl (C=O) groups is 4. The van der Waals surface area contributed by atoms with Crippen molar-refractivity contribution in [3.63, 3.8) is 0 Å². The van der Waals surface area contributed by atoms with Crippen LogP contribution >= 0.6 is 0 Å². The van der Waals surface area contributed by atoms with Crippen molar-refractivity contribution < 1.29 is 33.4 Å². The summed E-state index contributed by atoms with van der Waals surface area (Å²) >= 11 is 0. The smallest absolute Gasteiger partial charge is 0.408 e. The Kier molecular flexibility index (Phi) is 11.2. The van der Waals surface area contributed by atoms with Gasteiger partial charge in [0.15, 0.2) is 0 Å². The maximum atomic E-state index is 12.9. The largest absolute Gasteiger partial charge is 0.466 e. The number of nitrogens with one attached hydrogen (secondary N) is 2. The summed E-state index contributed by atoms with van der Waals surface area (Å²) in [5, 5.41) is 5.01. The summed E-state index contributed by atoms with van der Waals surface area (Å²) in [6.45, 7) is 5.06. The molecule has 2 aromatic carbocycles. The molecule has 9 heteroatoms. The number of allylic oxidation sites excluding steroid dienone is 1. The Hall–Kier alpha value is -4.14. The van der Waals surface area contributed by atoms with Crippen molar-refractivity contribution in [3.8, 4) is 0 Å². The molecule has 192 valence electrons. The average Bonchev–Trinajstić information content (AvgIpc) is 2.89. The van der Waals surface area contributed by atoms with E-state index in [2.05, 4.69) is 10.6 Å². The minimum absolute atomic E-state index is 0.0435. The van der Waals surface area contributed by atoms with Crippen LogP contribution in [0.5, 0.6) is 0 Å². The van der Waals surface area contributed by atoms with Crippen LogP contribution in [0.2, 0.25) is 0 Å². The molecule has 0 bridgehead atoms. The lowest BCUT2D eigenvalue weighted by Crippen LogP contribution is -2.50. The molecule has 0 saturated carbocycles. The van der Waals surface area contributed by atoms with Gasteiger partial charge >= 0.3 is 18.0 Å².